The van der Waals surface area contributed by atoms with E-state index in [2.05, 4.69) is 0 Å². The SMILES string of the molecule is O=C1O[C@]23CCC[C@@H]2[C@H]2[C@H]4[C@H]5[C@H]6[C@H]7CCC[C@@]78OC(=O)[C@@]2([C@@H]58)[C@@]16[C@H]43. The lowest BCUT2D eigenvalue weighted by atomic mass is 9.45. The third-order valence-corrected chi connectivity index (χ3v) is 11.3. The zero-order chi connectivity index (χ0) is 15.4. The van der Waals surface area contributed by atoms with E-state index in [1.54, 1.807) is 0 Å². The molecule has 8 saturated carbocycles. The van der Waals surface area contributed by atoms with Crippen LogP contribution in [0.4, 0.5) is 0 Å². The Morgan fingerprint density at radius 2 is 1.21 bits per heavy atom. The van der Waals surface area contributed by atoms with Crippen molar-refractivity contribution in [3.8, 4) is 0 Å². The Morgan fingerprint density at radius 3 is 1.67 bits per heavy atom. The molecule has 4 heteroatoms. The smallest absolute Gasteiger partial charge is 0.314 e. The summed E-state index contributed by atoms with van der Waals surface area (Å²) in [5.41, 5.74) is -1.25. The minimum absolute atomic E-state index is 0.0405. The second-order valence-corrected chi connectivity index (χ2v) is 10.6. The molecule has 0 radical (unpaired) electrons. The highest BCUT2D eigenvalue weighted by Gasteiger charge is 3.09. The molecule has 10 aliphatic rings. The van der Waals surface area contributed by atoms with Crippen molar-refractivity contribution >= 4 is 11.9 Å². The van der Waals surface area contributed by atoms with Crippen LogP contribution in [0.1, 0.15) is 38.5 Å². The van der Waals surface area contributed by atoms with Gasteiger partial charge in [0, 0.05) is 23.7 Å². The molecule has 2 aliphatic heterocycles. The molecule has 2 saturated heterocycles. The number of rotatable bonds is 0. The average molecular weight is 324 g/mol. The van der Waals surface area contributed by atoms with Gasteiger partial charge in [-0.1, -0.05) is 0 Å². The number of carbonyl (C=O) groups is 2. The van der Waals surface area contributed by atoms with E-state index < -0.39 is 10.8 Å². The molecule has 0 aromatic heterocycles. The molecule has 2 heterocycles. The molecule has 124 valence electrons. The molecule has 0 aromatic carbocycles. The lowest BCUT2D eigenvalue weighted by Gasteiger charge is -2.51. The van der Waals surface area contributed by atoms with Gasteiger partial charge < -0.3 is 9.47 Å². The molecule has 0 aromatic rings. The van der Waals surface area contributed by atoms with Gasteiger partial charge in [-0.3, -0.25) is 9.59 Å². The number of ether oxygens (including phenoxy) is 2. The summed E-state index contributed by atoms with van der Waals surface area (Å²) in [6.45, 7) is 0. The number of esters is 2. The van der Waals surface area contributed by atoms with E-state index in [-0.39, 0.29) is 23.1 Å². The molecule has 10 rings (SSSR count). The first-order valence-electron chi connectivity index (χ1n) is 10.1. The van der Waals surface area contributed by atoms with Gasteiger partial charge in [-0.05, 0) is 62.2 Å². The molecular formula is C20H20O4. The van der Waals surface area contributed by atoms with Gasteiger partial charge in [-0.15, -0.1) is 0 Å². The van der Waals surface area contributed by atoms with Gasteiger partial charge in [0.05, 0.1) is 10.8 Å². The number of hydrogen-bond donors (Lipinski definition) is 0. The van der Waals surface area contributed by atoms with Crippen LogP contribution in [0.3, 0.4) is 0 Å². The molecule has 0 amide bonds. The first-order chi connectivity index (χ1) is 11.7. The van der Waals surface area contributed by atoms with E-state index in [0.717, 1.165) is 25.7 Å². The normalized spacial score (nSPS) is 78.5. The molecule has 0 unspecified atom stereocenters. The predicted molar refractivity (Wildman–Crippen MR) is 78.1 cm³/mol. The summed E-state index contributed by atoms with van der Waals surface area (Å²) < 4.78 is 12.6. The fraction of sp³-hybridized carbons (Fsp3) is 0.900. The lowest BCUT2D eigenvalue weighted by Crippen LogP contribution is -2.62. The Bertz CT molecular complexity index is 767. The van der Waals surface area contributed by atoms with Crippen molar-refractivity contribution < 1.29 is 19.1 Å². The van der Waals surface area contributed by atoms with Crippen LogP contribution >= 0.6 is 0 Å². The van der Waals surface area contributed by atoms with Crippen LogP contribution in [-0.4, -0.2) is 23.1 Å². The maximum Gasteiger partial charge on any atom is 0.314 e. The van der Waals surface area contributed by atoms with Crippen LogP contribution < -0.4 is 0 Å². The zero-order valence-electron chi connectivity index (χ0n) is 13.5. The first-order valence-corrected chi connectivity index (χ1v) is 10.1. The fourth-order valence-electron chi connectivity index (χ4n) is 12.2. The second-order valence-electron chi connectivity index (χ2n) is 10.6. The third-order valence-electron chi connectivity index (χ3n) is 11.3. The van der Waals surface area contributed by atoms with E-state index in [4.69, 9.17) is 9.47 Å². The standard InChI is InChI=1S/C20H20O4/c21-15-20-12-8-4-2-6-18(8)14-10(12)9-11(19(14,20)16(22)24-18)7-3-1-5-17(7,23-15)13(9)20/h7-14H,1-6H2/t7-,8-,9-,10+,11+,12-,13-,14+,17-,18-,19-,20+/m1/s1. The maximum atomic E-state index is 13.5. The molecule has 0 N–H and O–H groups in total. The van der Waals surface area contributed by atoms with E-state index in [1.807, 2.05) is 0 Å². The molecule has 12 atom stereocenters. The lowest BCUT2D eigenvalue weighted by molar-refractivity contribution is -0.166. The Hall–Kier alpha value is -1.06. The largest absolute Gasteiger partial charge is 0.458 e. The molecule has 4 nitrogen and oxygen atoms in total. The van der Waals surface area contributed by atoms with Crippen LogP contribution in [0.2, 0.25) is 0 Å². The van der Waals surface area contributed by atoms with E-state index in [1.165, 1.54) is 12.8 Å². The summed E-state index contributed by atoms with van der Waals surface area (Å²) in [6, 6.07) is 0. The van der Waals surface area contributed by atoms with Crippen LogP contribution in [0, 0.1) is 58.2 Å². The van der Waals surface area contributed by atoms with Crippen molar-refractivity contribution in [3.05, 3.63) is 0 Å². The monoisotopic (exact) mass is 324 g/mol. The van der Waals surface area contributed by atoms with Crippen molar-refractivity contribution in [2.24, 2.45) is 58.2 Å². The summed E-state index contributed by atoms with van der Waals surface area (Å²) in [4.78, 5) is 27.0. The Morgan fingerprint density at radius 1 is 0.750 bits per heavy atom. The summed E-state index contributed by atoms with van der Waals surface area (Å²) in [6.07, 6.45) is 6.80. The van der Waals surface area contributed by atoms with Gasteiger partial charge in [0.2, 0.25) is 0 Å². The van der Waals surface area contributed by atoms with Crippen LogP contribution in [0.15, 0.2) is 0 Å². The van der Waals surface area contributed by atoms with Gasteiger partial charge >= 0.3 is 11.9 Å². The quantitative estimate of drug-likeness (QED) is 0.639. The van der Waals surface area contributed by atoms with E-state index in [0.29, 0.717) is 47.3 Å². The van der Waals surface area contributed by atoms with Gasteiger partial charge in [0.25, 0.3) is 0 Å². The third kappa shape index (κ3) is 0.579. The van der Waals surface area contributed by atoms with Crippen molar-refractivity contribution in [1.29, 1.82) is 0 Å². The van der Waals surface area contributed by atoms with Gasteiger partial charge in [0.15, 0.2) is 0 Å². The minimum Gasteiger partial charge on any atom is -0.458 e. The van der Waals surface area contributed by atoms with Crippen molar-refractivity contribution in [2.45, 2.75) is 49.7 Å². The van der Waals surface area contributed by atoms with Crippen LogP contribution in [-0.2, 0) is 19.1 Å². The maximum absolute atomic E-state index is 13.5. The summed E-state index contributed by atoms with van der Waals surface area (Å²) in [7, 11) is 0. The average Bonchev–Trinajstić information content (AvgIpc) is 3.32. The summed E-state index contributed by atoms with van der Waals surface area (Å²) >= 11 is 0. The molecule has 4 spiro atoms. The highest BCUT2D eigenvalue weighted by Crippen LogP contribution is 3.02. The minimum atomic E-state index is -0.454. The Kier molecular flexibility index (Phi) is 1.25. The Balaban J connectivity index is 1.47. The Labute approximate surface area is 139 Å². The fourth-order valence-corrected chi connectivity index (χ4v) is 12.2. The van der Waals surface area contributed by atoms with Gasteiger partial charge in [0.1, 0.15) is 11.2 Å². The molecule has 10 fully saturated rings. The molecule has 24 heavy (non-hydrogen) atoms. The molecule has 8 aliphatic carbocycles. The summed E-state index contributed by atoms with van der Waals surface area (Å²) in [5, 5.41) is 0. The van der Waals surface area contributed by atoms with Crippen LogP contribution in [0.25, 0.3) is 0 Å². The topological polar surface area (TPSA) is 52.6 Å². The zero-order valence-corrected chi connectivity index (χ0v) is 13.5. The van der Waals surface area contributed by atoms with E-state index >= 15 is 0 Å². The number of carbonyl (C=O) groups excluding carboxylic acids is 2. The van der Waals surface area contributed by atoms with Crippen molar-refractivity contribution in [2.75, 3.05) is 0 Å². The highest BCUT2D eigenvalue weighted by molar-refractivity contribution is 5.99. The second kappa shape index (κ2) is 2.59. The molecular weight excluding hydrogens is 304 g/mol. The van der Waals surface area contributed by atoms with Crippen LogP contribution in [0.5, 0.6) is 0 Å². The first kappa shape index (κ1) is 11.5. The van der Waals surface area contributed by atoms with Gasteiger partial charge in [-0.25, -0.2) is 0 Å². The predicted octanol–water partition coefficient (Wildman–Crippen LogP) is 1.92. The summed E-state index contributed by atoms with van der Waals surface area (Å²) in [5.74, 6) is 3.77. The van der Waals surface area contributed by atoms with E-state index in [9.17, 15) is 9.59 Å². The highest BCUT2D eigenvalue weighted by atomic mass is 16.6. The van der Waals surface area contributed by atoms with Crippen molar-refractivity contribution in [3.63, 3.8) is 0 Å². The van der Waals surface area contributed by atoms with Crippen molar-refractivity contribution in [1.82, 2.24) is 0 Å². The number of hydrogen-bond acceptors (Lipinski definition) is 4. The molecule has 8 bridgehead atoms. The van der Waals surface area contributed by atoms with Gasteiger partial charge in [-0.2, -0.15) is 0 Å².